The van der Waals surface area contributed by atoms with Gasteiger partial charge in [-0.25, -0.2) is 18.4 Å². The van der Waals surface area contributed by atoms with Crippen LogP contribution >= 0.6 is 0 Å². The molecule has 10 heteroatoms. The Balaban J connectivity index is 1.11. The van der Waals surface area contributed by atoms with Crippen LogP contribution in [0, 0.1) is 6.92 Å². The van der Waals surface area contributed by atoms with E-state index < -0.39 is 10.0 Å². The highest BCUT2D eigenvalue weighted by molar-refractivity contribution is 7.89. The van der Waals surface area contributed by atoms with Crippen molar-refractivity contribution in [2.45, 2.75) is 65.0 Å². The van der Waals surface area contributed by atoms with E-state index in [1.807, 2.05) is 13.0 Å². The third-order valence-electron chi connectivity index (χ3n) is 8.67. The Hall–Kier alpha value is -2.95. The third kappa shape index (κ3) is 5.75. The molecule has 2 fully saturated rings. The van der Waals surface area contributed by atoms with Crippen LogP contribution in [0.25, 0.3) is 11.5 Å². The van der Waals surface area contributed by atoms with Crippen LogP contribution in [0.5, 0.6) is 0 Å². The maximum absolute atomic E-state index is 12.3. The second kappa shape index (κ2) is 11.5. The molecule has 0 aliphatic carbocycles. The van der Waals surface area contributed by atoms with E-state index in [4.69, 9.17) is 9.40 Å². The van der Waals surface area contributed by atoms with Gasteiger partial charge in [0, 0.05) is 43.2 Å². The summed E-state index contributed by atoms with van der Waals surface area (Å²) in [4.78, 5) is 14.5. The Kier molecular flexibility index (Phi) is 7.83. The number of hydrogen-bond acceptors (Lipinski definition) is 8. The van der Waals surface area contributed by atoms with E-state index in [0.29, 0.717) is 36.1 Å². The van der Waals surface area contributed by atoms with Crippen LogP contribution in [0.3, 0.4) is 0 Å². The van der Waals surface area contributed by atoms with Gasteiger partial charge in [-0.05, 0) is 100 Å². The van der Waals surface area contributed by atoms with Crippen LogP contribution in [0.1, 0.15) is 55.9 Å². The van der Waals surface area contributed by atoms with Crippen molar-refractivity contribution < 1.29 is 12.8 Å². The molecule has 6 rings (SSSR count). The molecule has 2 saturated heterocycles. The van der Waals surface area contributed by atoms with Gasteiger partial charge >= 0.3 is 0 Å². The normalized spacial score (nSPS) is 19.5. The molecule has 0 atom stereocenters. The summed E-state index contributed by atoms with van der Waals surface area (Å²) in [6.45, 7) is 9.13. The predicted molar refractivity (Wildman–Crippen MR) is 158 cm³/mol. The van der Waals surface area contributed by atoms with Crippen LogP contribution in [0.15, 0.2) is 40.9 Å². The van der Waals surface area contributed by atoms with Crippen LogP contribution in [-0.2, 0) is 23.0 Å². The fourth-order valence-corrected chi connectivity index (χ4v) is 7.29. The van der Waals surface area contributed by atoms with Crippen molar-refractivity contribution in [3.05, 3.63) is 53.4 Å². The van der Waals surface area contributed by atoms with Crippen molar-refractivity contribution in [1.29, 1.82) is 0 Å². The molecule has 0 bridgehead atoms. The maximum Gasteiger partial charge on any atom is 0.227 e. The van der Waals surface area contributed by atoms with Crippen LogP contribution < -0.4 is 10.2 Å². The number of hydrogen-bond donors (Lipinski definition) is 1. The second-order valence-corrected chi connectivity index (χ2v) is 13.5. The van der Waals surface area contributed by atoms with Gasteiger partial charge in [-0.3, -0.25) is 0 Å². The smallest absolute Gasteiger partial charge is 0.227 e. The highest BCUT2D eigenvalue weighted by Crippen LogP contribution is 2.32. The van der Waals surface area contributed by atoms with Gasteiger partial charge in [-0.2, -0.15) is 4.31 Å². The molecule has 2 aromatic heterocycles. The number of rotatable bonds is 7. The first-order chi connectivity index (χ1) is 19.4. The van der Waals surface area contributed by atoms with Gasteiger partial charge in [0.1, 0.15) is 11.5 Å². The predicted octanol–water partition coefficient (Wildman–Crippen LogP) is 4.95. The molecule has 3 aliphatic heterocycles. The molecular formula is C30H40N6O3S. The van der Waals surface area contributed by atoms with Gasteiger partial charge in [0.05, 0.1) is 12.3 Å². The average molecular weight is 565 g/mol. The number of aromatic nitrogens is 2. The van der Waals surface area contributed by atoms with E-state index in [2.05, 4.69) is 44.4 Å². The number of likely N-dealkylation sites (tertiary alicyclic amines) is 1. The molecule has 3 aliphatic rings. The Morgan fingerprint density at radius 3 is 2.50 bits per heavy atom. The number of aryl methyl sites for hydroxylation is 1. The zero-order valence-electron chi connectivity index (χ0n) is 23.6. The lowest BCUT2D eigenvalue weighted by molar-refractivity contribution is 0.141. The Bertz CT molecular complexity index is 1420. The summed E-state index contributed by atoms with van der Waals surface area (Å²) in [6.07, 6.45) is 9.01. The number of fused-ring (bicyclic) bond motifs is 1. The standard InChI is InChI=1S/C30H40N6O3S/c1-3-40(37,38)36-18-11-23-19-27(39-28(23)21-36)29-22(2)20-31-30(33-29)32-24-7-9-25(10-8-24)35-16-12-26(13-17-35)34-14-5-4-6-15-34/h7-10,19-20,26H,3-6,11-18,21H2,1-2H3,(H,31,32,33). The molecule has 1 N–H and O–H groups in total. The van der Waals surface area contributed by atoms with Crippen LogP contribution in [0.2, 0.25) is 0 Å². The SMILES string of the molecule is CCS(=O)(=O)N1CCc2cc(-c3nc(Nc4ccc(N5CCC(N6CCCCC6)CC5)cc4)ncc3C)oc2C1. The lowest BCUT2D eigenvalue weighted by Gasteiger charge is -2.41. The largest absolute Gasteiger partial charge is 0.458 e. The maximum atomic E-state index is 12.3. The van der Waals surface area contributed by atoms with Crippen LogP contribution in [-0.4, -0.2) is 72.1 Å². The minimum absolute atomic E-state index is 0.0914. The van der Waals surface area contributed by atoms with Crippen molar-refractivity contribution in [3.63, 3.8) is 0 Å². The van der Waals surface area contributed by atoms with Crippen molar-refractivity contribution in [2.75, 3.05) is 48.7 Å². The summed E-state index contributed by atoms with van der Waals surface area (Å²) in [5.74, 6) is 1.93. The molecule has 1 aromatic carbocycles. The summed E-state index contributed by atoms with van der Waals surface area (Å²) in [5.41, 5.74) is 4.85. The molecule has 0 amide bonds. The first-order valence-corrected chi connectivity index (χ1v) is 16.3. The average Bonchev–Trinajstić information content (AvgIpc) is 3.42. The number of benzene rings is 1. The molecule has 40 heavy (non-hydrogen) atoms. The summed E-state index contributed by atoms with van der Waals surface area (Å²) >= 11 is 0. The van der Waals surface area contributed by atoms with Crippen LogP contribution in [0.4, 0.5) is 17.3 Å². The van der Waals surface area contributed by atoms with Crippen molar-refractivity contribution in [3.8, 4) is 11.5 Å². The fraction of sp³-hybridized carbons (Fsp3) is 0.533. The first kappa shape index (κ1) is 27.2. The number of furan rings is 1. The Morgan fingerprint density at radius 2 is 1.77 bits per heavy atom. The van der Waals surface area contributed by atoms with Gasteiger partial charge in [-0.1, -0.05) is 6.42 Å². The number of nitrogens with zero attached hydrogens (tertiary/aromatic N) is 5. The number of anilines is 3. The van der Waals surface area contributed by atoms with E-state index in [1.54, 1.807) is 13.1 Å². The Morgan fingerprint density at radius 1 is 1.02 bits per heavy atom. The summed E-state index contributed by atoms with van der Waals surface area (Å²) < 4.78 is 32.3. The zero-order valence-corrected chi connectivity index (χ0v) is 24.4. The Labute approximate surface area is 237 Å². The molecule has 5 heterocycles. The van der Waals surface area contributed by atoms with E-state index in [0.717, 1.165) is 35.9 Å². The lowest BCUT2D eigenvalue weighted by Crippen LogP contribution is -2.46. The lowest BCUT2D eigenvalue weighted by atomic mass is 9.99. The van der Waals surface area contributed by atoms with E-state index in [9.17, 15) is 8.42 Å². The number of sulfonamides is 1. The monoisotopic (exact) mass is 564 g/mol. The highest BCUT2D eigenvalue weighted by Gasteiger charge is 2.29. The first-order valence-electron chi connectivity index (χ1n) is 14.7. The minimum Gasteiger partial charge on any atom is -0.458 e. The molecule has 0 unspecified atom stereocenters. The fourth-order valence-electron chi connectivity index (χ4n) is 6.24. The third-order valence-corrected chi connectivity index (χ3v) is 10.5. The van der Waals surface area contributed by atoms with Crippen molar-refractivity contribution in [2.24, 2.45) is 0 Å². The minimum atomic E-state index is -3.25. The highest BCUT2D eigenvalue weighted by atomic mass is 32.2. The second-order valence-electron chi connectivity index (χ2n) is 11.3. The van der Waals surface area contributed by atoms with Crippen molar-refractivity contribution >= 4 is 27.3 Å². The summed E-state index contributed by atoms with van der Waals surface area (Å²) in [7, 11) is -3.25. The van der Waals surface area contributed by atoms with Gasteiger partial charge in [-0.15, -0.1) is 0 Å². The molecule has 0 radical (unpaired) electrons. The molecule has 3 aromatic rings. The van der Waals surface area contributed by atoms with Gasteiger partial charge in [0.25, 0.3) is 0 Å². The molecule has 0 saturated carbocycles. The molecular weight excluding hydrogens is 524 g/mol. The quantitative estimate of drug-likeness (QED) is 0.431. The van der Waals surface area contributed by atoms with Gasteiger partial charge < -0.3 is 19.5 Å². The zero-order chi connectivity index (χ0) is 27.7. The number of nitrogens with one attached hydrogen (secondary N) is 1. The summed E-state index contributed by atoms with van der Waals surface area (Å²) in [6, 6.07) is 11.3. The topological polar surface area (TPSA) is 94.8 Å². The molecule has 0 spiro atoms. The summed E-state index contributed by atoms with van der Waals surface area (Å²) in [5, 5.41) is 3.34. The molecule has 214 valence electrons. The van der Waals surface area contributed by atoms with E-state index in [1.165, 1.54) is 55.2 Å². The van der Waals surface area contributed by atoms with Gasteiger partial charge in [0.2, 0.25) is 16.0 Å². The van der Waals surface area contributed by atoms with E-state index >= 15 is 0 Å². The van der Waals surface area contributed by atoms with Crippen molar-refractivity contribution in [1.82, 2.24) is 19.2 Å². The number of piperidine rings is 2. The molecule has 9 nitrogen and oxygen atoms in total. The van der Waals surface area contributed by atoms with E-state index in [-0.39, 0.29) is 12.3 Å². The van der Waals surface area contributed by atoms with Gasteiger partial charge in [0.15, 0.2) is 5.76 Å².